The predicted molar refractivity (Wildman–Crippen MR) is 109 cm³/mol. The Balaban J connectivity index is 2.79. The minimum Gasteiger partial charge on any atom is -0.480 e. The quantitative estimate of drug-likeness (QED) is 0.253. The highest BCUT2D eigenvalue weighted by Gasteiger charge is 2.28. The van der Waals surface area contributed by atoms with Gasteiger partial charge in [0.2, 0.25) is 17.7 Å². The van der Waals surface area contributed by atoms with Gasteiger partial charge in [-0.3, -0.25) is 14.4 Å². The summed E-state index contributed by atoms with van der Waals surface area (Å²) in [5.74, 6) is -2.92. The van der Waals surface area contributed by atoms with Crippen molar-refractivity contribution in [2.45, 2.75) is 58.7 Å². The molecule has 1 aromatic rings. The van der Waals surface area contributed by atoms with E-state index in [9.17, 15) is 24.3 Å². The molecule has 11 heteroatoms. The molecule has 3 amide bonds. The maximum Gasteiger partial charge on any atom is 0.326 e. The minimum atomic E-state index is -1.15. The summed E-state index contributed by atoms with van der Waals surface area (Å²) in [4.78, 5) is 55.1. The molecule has 0 aliphatic carbocycles. The van der Waals surface area contributed by atoms with Gasteiger partial charge in [0.1, 0.15) is 12.1 Å². The van der Waals surface area contributed by atoms with Gasteiger partial charge in [-0.05, 0) is 18.3 Å². The number of aromatic amines is 1. The Bertz CT molecular complexity index is 719. The second-order valence-corrected chi connectivity index (χ2v) is 7.92. The van der Waals surface area contributed by atoms with Crippen molar-refractivity contribution in [2.24, 2.45) is 17.6 Å². The van der Waals surface area contributed by atoms with E-state index in [0.29, 0.717) is 5.69 Å². The molecule has 0 bridgehead atoms. The molecule has 1 rings (SSSR count). The van der Waals surface area contributed by atoms with Gasteiger partial charge in [0.15, 0.2) is 0 Å². The van der Waals surface area contributed by atoms with E-state index < -0.39 is 41.8 Å². The van der Waals surface area contributed by atoms with E-state index in [4.69, 9.17) is 5.73 Å². The summed E-state index contributed by atoms with van der Waals surface area (Å²) >= 11 is 0. The summed E-state index contributed by atoms with van der Waals surface area (Å²) in [7, 11) is 0. The molecule has 0 radical (unpaired) electrons. The molecule has 0 aliphatic rings. The number of carboxylic acid groups (broad SMARTS) is 1. The smallest absolute Gasteiger partial charge is 0.326 e. The van der Waals surface area contributed by atoms with Crippen LogP contribution in [0.1, 0.15) is 39.8 Å². The average Bonchev–Trinajstić information content (AvgIpc) is 3.16. The predicted octanol–water partition coefficient (Wildman–Crippen LogP) is -0.848. The lowest BCUT2D eigenvalue weighted by Crippen LogP contribution is -2.55. The molecular weight excluding hydrogens is 392 g/mol. The SMILES string of the molecule is CC(C)CC(NC(=O)C(Cc1cnc[nH]1)NC(=O)CNC(=O)C(N)C(C)C)C(=O)O. The molecule has 168 valence electrons. The van der Waals surface area contributed by atoms with Crippen LogP contribution in [0.25, 0.3) is 0 Å². The van der Waals surface area contributed by atoms with Crippen LogP contribution in [0.5, 0.6) is 0 Å². The lowest BCUT2D eigenvalue weighted by Gasteiger charge is -2.22. The number of rotatable bonds is 12. The van der Waals surface area contributed by atoms with Gasteiger partial charge in [0.25, 0.3) is 0 Å². The fraction of sp³-hybridized carbons (Fsp3) is 0.632. The first-order chi connectivity index (χ1) is 14.0. The van der Waals surface area contributed by atoms with E-state index in [1.165, 1.54) is 12.5 Å². The third-order valence-electron chi connectivity index (χ3n) is 4.40. The highest BCUT2D eigenvalue weighted by Crippen LogP contribution is 2.07. The highest BCUT2D eigenvalue weighted by molar-refractivity contribution is 5.92. The Hall–Kier alpha value is -2.95. The number of hydrogen-bond donors (Lipinski definition) is 6. The fourth-order valence-electron chi connectivity index (χ4n) is 2.62. The molecule has 0 spiro atoms. The van der Waals surface area contributed by atoms with E-state index >= 15 is 0 Å². The van der Waals surface area contributed by atoms with Crippen LogP contribution in [0.3, 0.4) is 0 Å². The second kappa shape index (κ2) is 11.9. The van der Waals surface area contributed by atoms with Crippen molar-refractivity contribution in [3.8, 4) is 0 Å². The van der Waals surface area contributed by atoms with Crippen LogP contribution in [0, 0.1) is 11.8 Å². The van der Waals surface area contributed by atoms with Gasteiger partial charge in [-0.25, -0.2) is 9.78 Å². The molecule has 7 N–H and O–H groups in total. The molecule has 11 nitrogen and oxygen atoms in total. The molecule has 30 heavy (non-hydrogen) atoms. The Morgan fingerprint density at radius 2 is 1.77 bits per heavy atom. The van der Waals surface area contributed by atoms with E-state index in [-0.39, 0.29) is 31.2 Å². The summed E-state index contributed by atoms with van der Waals surface area (Å²) in [6.07, 6.45) is 3.25. The van der Waals surface area contributed by atoms with E-state index in [2.05, 4.69) is 25.9 Å². The van der Waals surface area contributed by atoms with E-state index in [0.717, 1.165) is 0 Å². The monoisotopic (exact) mass is 424 g/mol. The lowest BCUT2D eigenvalue weighted by atomic mass is 10.0. The number of nitrogens with two attached hydrogens (primary N) is 1. The zero-order chi connectivity index (χ0) is 22.8. The first-order valence-electron chi connectivity index (χ1n) is 9.84. The molecular formula is C19H32N6O5. The van der Waals surface area contributed by atoms with E-state index in [1.807, 2.05) is 13.8 Å². The van der Waals surface area contributed by atoms with Crippen LogP contribution < -0.4 is 21.7 Å². The Kier molecular flexibility index (Phi) is 9.96. The summed E-state index contributed by atoms with van der Waals surface area (Å²) in [5, 5.41) is 16.8. The van der Waals surface area contributed by atoms with Crippen molar-refractivity contribution in [3.05, 3.63) is 18.2 Å². The molecule has 0 aliphatic heterocycles. The van der Waals surface area contributed by atoms with Crippen LogP contribution in [-0.2, 0) is 25.6 Å². The standard InChI is InChI=1S/C19H32N6O5/c1-10(2)5-14(19(29)30)25-17(27)13(6-12-7-21-9-23-12)24-15(26)8-22-18(28)16(20)11(3)4/h7,9-11,13-14,16H,5-6,8,20H2,1-4H3,(H,21,23)(H,22,28)(H,24,26)(H,25,27)(H,29,30). The number of amides is 3. The number of aliphatic carboxylic acids is 1. The third kappa shape index (κ3) is 8.60. The van der Waals surface area contributed by atoms with Crippen LogP contribution in [0.2, 0.25) is 0 Å². The van der Waals surface area contributed by atoms with Crippen LogP contribution in [-0.4, -0.2) is 63.4 Å². The largest absolute Gasteiger partial charge is 0.480 e. The Morgan fingerprint density at radius 3 is 2.27 bits per heavy atom. The molecule has 0 saturated heterocycles. The maximum absolute atomic E-state index is 12.7. The molecule has 0 fully saturated rings. The molecule has 3 atom stereocenters. The second-order valence-electron chi connectivity index (χ2n) is 7.92. The van der Waals surface area contributed by atoms with Gasteiger partial charge in [-0.1, -0.05) is 27.7 Å². The number of H-pyrrole nitrogens is 1. The summed E-state index contributed by atoms with van der Waals surface area (Å²) in [5.41, 5.74) is 6.31. The number of carboxylic acids is 1. The summed E-state index contributed by atoms with van der Waals surface area (Å²) in [6.45, 7) is 6.89. The van der Waals surface area contributed by atoms with Gasteiger partial charge >= 0.3 is 5.97 Å². The molecule has 1 heterocycles. The van der Waals surface area contributed by atoms with Crippen LogP contribution in [0.15, 0.2) is 12.5 Å². The Labute approximate surface area is 175 Å². The number of nitrogens with zero attached hydrogens (tertiary/aromatic N) is 1. The van der Waals surface area contributed by atoms with E-state index in [1.54, 1.807) is 13.8 Å². The molecule has 3 unspecified atom stereocenters. The van der Waals surface area contributed by atoms with Gasteiger partial charge in [-0.15, -0.1) is 0 Å². The zero-order valence-electron chi connectivity index (χ0n) is 17.8. The van der Waals surface area contributed by atoms with Crippen molar-refractivity contribution in [1.82, 2.24) is 25.9 Å². The average molecular weight is 425 g/mol. The first-order valence-corrected chi connectivity index (χ1v) is 9.84. The van der Waals surface area contributed by atoms with Gasteiger partial charge < -0.3 is 31.8 Å². The molecule has 0 aromatic carbocycles. The van der Waals surface area contributed by atoms with Crippen molar-refractivity contribution >= 4 is 23.7 Å². The topological polar surface area (TPSA) is 179 Å². The molecule has 1 aromatic heterocycles. The van der Waals surface area contributed by atoms with Gasteiger partial charge in [-0.2, -0.15) is 0 Å². The number of carbonyl (C=O) groups is 4. The minimum absolute atomic E-state index is 0.0485. The van der Waals surface area contributed by atoms with Crippen molar-refractivity contribution in [1.29, 1.82) is 0 Å². The van der Waals surface area contributed by atoms with Crippen molar-refractivity contribution in [3.63, 3.8) is 0 Å². The number of nitrogens with one attached hydrogen (secondary N) is 4. The zero-order valence-corrected chi connectivity index (χ0v) is 17.8. The van der Waals surface area contributed by atoms with Crippen molar-refractivity contribution < 1.29 is 24.3 Å². The van der Waals surface area contributed by atoms with Crippen LogP contribution >= 0.6 is 0 Å². The normalized spacial score (nSPS) is 14.1. The maximum atomic E-state index is 12.7. The van der Waals surface area contributed by atoms with Gasteiger partial charge in [0.05, 0.1) is 18.9 Å². The summed E-state index contributed by atoms with van der Waals surface area (Å²) in [6, 6.07) is -2.89. The number of aromatic nitrogens is 2. The number of imidazole rings is 1. The number of carbonyl (C=O) groups excluding carboxylic acids is 3. The fourth-order valence-corrected chi connectivity index (χ4v) is 2.62. The Morgan fingerprint density at radius 1 is 1.10 bits per heavy atom. The number of hydrogen-bond acceptors (Lipinski definition) is 6. The van der Waals surface area contributed by atoms with Crippen LogP contribution in [0.4, 0.5) is 0 Å². The molecule has 0 saturated carbocycles. The third-order valence-corrected chi connectivity index (χ3v) is 4.40. The highest BCUT2D eigenvalue weighted by atomic mass is 16.4. The lowest BCUT2D eigenvalue weighted by molar-refractivity contribution is -0.142. The van der Waals surface area contributed by atoms with Crippen molar-refractivity contribution in [2.75, 3.05) is 6.54 Å². The first kappa shape index (κ1) is 25.1. The van der Waals surface area contributed by atoms with Gasteiger partial charge in [0, 0.05) is 18.3 Å². The summed E-state index contributed by atoms with van der Waals surface area (Å²) < 4.78 is 0.